The number of nitrogens with zero attached hydrogens (tertiary/aromatic N) is 1. The molecule has 1 aliphatic rings. The molecular formula is C9H10N2O. The number of aliphatic imine (C=N–C) groups is 1. The summed E-state index contributed by atoms with van der Waals surface area (Å²) < 4.78 is 0. The maximum absolute atomic E-state index is 8.75. The monoisotopic (exact) mass is 162 g/mol. The van der Waals surface area contributed by atoms with Crippen LogP contribution in [0, 0.1) is 0 Å². The third kappa shape index (κ3) is 0.905. The third-order valence-corrected chi connectivity index (χ3v) is 2.09. The highest BCUT2D eigenvalue weighted by molar-refractivity contribution is 6.01. The molecule has 1 unspecified atom stereocenters. The quantitative estimate of drug-likeness (QED) is 0.567. The summed E-state index contributed by atoms with van der Waals surface area (Å²) in [5.74, 6) is 0.568. The number of rotatable bonds is 0. The fourth-order valence-electron chi connectivity index (χ4n) is 1.50. The van der Waals surface area contributed by atoms with Gasteiger partial charge < -0.3 is 0 Å². The van der Waals surface area contributed by atoms with E-state index < -0.39 is 0 Å². The van der Waals surface area contributed by atoms with Gasteiger partial charge in [-0.1, -0.05) is 24.3 Å². The Morgan fingerprint density at radius 3 is 2.92 bits per heavy atom. The molecule has 0 bridgehead atoms. The first kappa shape index (κ1) is 7.31. The molecule has 3 nitrogen and oxygen atoms in total. The van der Waals surface area contributed by atoms with Crippen LogP contribution in [0.2, 0.25) is 0 Å². The van der Waals surface area contributed by atoms with E-state index in [0.717, 1.165) is 11.1 Å². The van der Waals surface area contributed by atoms with Crippen LogP contribution in [0.25, 0.3) is 0 Å². The van der Waals surface area contributed by atoms with E-state index in [1.165, 1.54) is 0 Å². The van der Waals surface area contributed by atoms with Crippen molar-refractivity contribution in [1.29, 1.82) is 0 Å². The molecule has 0 aliphatic carbocycles. The van der Waals surface area contributed by atoms with E-state index in [0.29, 0.717) is 5.84 Å². The van der Waals surface area contributed by atoms with E-state index in [1.54, 1.807) is 0 Å². The second-order valence-corrected chi connectivity index (χ2v) is 2.85. The minimum atomic E-state index is 0.149. The average molecular weight is 162 g/mol. The lowest BCUT2D eigenvalue weighted by molar-refractivity contribution is 0.235. The zero-order valence-electron chi connectivity index (χ0n) is 6.78. The maximum atomic E-state index is 8.75. The van der Waals surface area contributed by atoms with E-state index >= 15 is 0 Å². The number of nitrogens with one attached hydrogen (secondary N) is 1. The van der Waals surface area contributed by atoms with Gasteiger partial charge in [0.05, 0.1) is 6.04 Å². The van der Waals surface area contributed by atoms with Crippen LogP contribution in [-0.4, -0.2) is 11.0 Å². The van der Waals surface area contributed by atoms with Gasteiger partial charge in [-0.2, -0.15) is 0 Å². The highest BCUT2D eigenvalue weighted by atomic mass is 16.5. The number of hydroxylamine groups is 1. The van der Waals surface area contributed by atoms with Gasteiger partial charge in [-0.3, -0.25) is 15.7 Å². The van der Waals surface area contributed by atoms with Gasteiger partial charge in [-0.15, -0.1) is 0 Å². The summed E-state index contributed by atoms with van der Waals surface area (Å²) in [7, 11) is 0. The second kappa shape index (κ2) is 2.60. The Kier molecular flexibility index (Phi) is 1.59. The topological polar surface area (TPSA) is 44.6 Å². The number of amidine groups is 1. The number of fused-ring (bicyclic) bond motifs is 1. The molecule has 62 valence electrons. The fourth-order valence-corrected chi connectivity index (χ4v) is 1.50. The maximum Gasteiger partial charge on any atom is 0.153 e. The van der Waals surface area contributed by atoms with E-state index in [1.807, 2.05) is 31.2 Å². The van der Waals surface area contributed by atoms with Crippen molar-refractivity contribution in [2.24, 2.45) is 4.99 Å². The van der Waals surface area contributed by atoms with Crippen molar-refractivity contribution >= 4 is 5.84 Å². The van der Waals surface area contributed by atoms with Gasteiger partial charge in [-0.05, 0) is 12.5 Å². The number of hydrogen-bond donors (Lipinski definition) is 2. The first-order valence-corrected chi connectivity index (χ1v) is 3.90. The number of hydrogen-bond acceptors (Lipinski definition) is 3. The van der Waals surface area contributed by atoms with Crippen molar-refractivity contribution < 1.29 is 5.21 Å². The lowest BCUT2D eigenvalue weighted by atomic mass is 10.1. The molecule has 12 heavy (non-hydrogen) atoms. The largest absolute Gasteiger partial charge is 0.290 e. The van der Waals surface area contributed by atoms with Crippen LogP contribution in [0.5, 0.6) is 0 Å². The highest BCUT2D eigenvalue weighted by Crippen LogP contribution is 2.27. The Hall–Kier alpha value is -1.35. The Balaban J connectivity index is 2.53. The van der Waals surface area contributed by atoms with Crippen LogP contribution in [0.4, 0.5) is 0 Å². The summed E-state index contributed by atoms with van der Waals surface area (Å²) in [4.78, 5) is 4.23. The molecule has 1 aromatic carbocycles. The van der Waals surface area contributed by atoms with Crippen LogP contribution in [0.3, 0.4) is 0 Å². The molecule has 0 saturated carbocycles. The summed E-state index contributed by atoms with van der Waals surface area (Å²) in [5.41, 5.74) is 4.25. The fraction of sp³-hybridized carbons (Fsp3) is 0.222. The number of benzene rings is 1. The second-order valence-electron chi connectivity index (χ2n) is 2.85. The molecule has 3 heteroatoms. The Morgan fingerprint density at radius 2 is 2.17 bits per heavy atom. The van der Waals surface area contributed by atoms with Crippen LogP contribution in [-0.2, 0) is 0 Å². The van der Waals surface area contributed by atoms with Gasteiger partial charge in [0, 0.05) is 5.56 Å². The normalized spacial score (nSPS) is 20.2. The van der Waals surface area contributed by atoms with Crippen LogP contribution < -0.4 is 5.48 Å². The summed E-state index contributed by atoms with van der Waals surface area (Å²) in [5, 5.41) is 8.75. The van der Waals surface area contributed by atoms with E-state index in [9.17, 15) is 0 Å². The summed E-state index contributed by atoms with van der Waals surface area (Å²) in [6.45, 7) is 2.00. The first-order valence-electron chi connectivity index (χ1n) is 3.90. The van der Waals surface area contributed by atoms with Crippen molar-refractivity contribution in [3.05, 3.63) is 35.4 Å². The van der Waals surface area contributed by atoms with Crippen molar-refractivity contribution in [1.82, 2.24) is 5.48 Å². The van der Waals surface area contributed by atoms with Gasteiger partial charge in [0.15, 0.2) is 5.84 Å². The molecule has 1 aromatic rings. The van der Waals surface area contributed by atoms with Gasteiger partial charge >= 0.3 is 0 Å². The molecular weight excluding hydrogens is 152 g/mol. The predicted octanol–water partition coefficient (Wildman–Crippen LogP) is 1.49. The first-order chi connectivity index (χ1) is 5.83. The third-order valence-electron chi connectivity index (χ3n) is 2.09. The minimum absolute atomic E-state index is 0.149. The van der Waals surface area contributed by atoms with Crippen molar-refractivity contribution in [2.45, 2.75) is 13.0 Å². The molecule has 1 aliphatic heterocycles. The van der Waals surface area contributed by atoms with Gasteiger partial charge in [-0.25, -0.2) is 0 Å². The SMILES string of the molecule is CC1N=C(NO)c2ccccc21. The molecule has 0 amide bonds. The van der Waals surface area contributed by atoms with Crippen LogP contribution >= 0.6 is 0 Å². The van der Waals surface area contributed by atoms with Gasteiger partial charge in [0.25, 0.3) is 0 Å². The predicted molar refractivity (Wildman–Crippen MR) is 46.3 cm³/mol. The molecule has 0 saturated heterocycles. The average Bonchev–Trinajstić information content (AvgIpc) is 2.44. The molecule has 2 N–H and O–H groups in total. The van der Waals surface area contributed by atoms with Crippen molar-refractivity contribution in [3.8, 4) is 0 Å². The molecule has 0 spiro atoms. The standard InChI is InChI=1S/C9H10N2O/c1-6-7-4-2-3-5-8(7)9(10-6)11-12/h2-6,12H,1H3,(H,10,11). The Bertz CT molecular complexity index is 333. The lowest BCUT2D eigenvalue weighted by Gasteiger charge is -2.01. The van der Waals surface area contributed by atoms with Gasteiger partial charge in [0.2, 0.25) is 0 Å². The van der Waals surface area contributed by atoms with Crippen molar-refractivity contribution in [2.75, 3.05) is 0 Å². The highest BCUT2D eigenvalue weighted by Gasteiger charge is 2.20. The molecule has 0 radical (unpaired) electrons. The summed E-state index contributed by atoms with van der Waals surface area (Å²) >= 11 is 0. The van der Waals surface area contributed by atoms with E-state index in [4.69, 9.17) is 5.21 Å². The minimum Gasteiger partial charge on any atom is -0.290 e. The van der Waals surface area contributed by atoms with Crippen LogP contribution in [0.15, 0.2) is 29.3 Å². The van der Waals surface area contributed by atoms with Crippen molar-refractivity contribution in [3.63, 3.8) is 0 Å². The van der Waals surface area contributed by atoms with E-state index in [2.05, 4.69) is 10.5 Å². The molecule has 1 heterocycles. The van der Waals surface area contributed by atoms with Crippen LogP contribution in [0.1, 0.15) is 24.1 Å². The molecule has 1 atom stereocenters. The zero-order valence-corrected chi connectivity index (χ0v) is 6.78. The molecule has 2 rings (SSSR count). The van der Waals surface area contributed by atoms with E-state index in [-0.39, 0.29) is 6.04 Å². The summed E-state index contributed by atoms with van der Waals surface area (Å²) in [6, 6.07) is 8.03. The lowest BCUT2D eigenvalue weighted by Crippen LogP contribution is -2.17. The van der Waals surface area contributed by atoms with Gasteiger partial charge in [0.1, 0.15) is 0 Å². The molecule has 0 fully saturated rings. The smallest absolute Gasteiger partial charge is 0.153 e. The Labute approximate surface area is 70.7 Å². The summed E-state index contributed by atoms with van der Waals surface area (Å²) in [6.07, 6.45) is 0. The molecule has 0 aromatic heterocycles. The Morgan fingerprint density at radius 1 is 1.42 bits per heavy atom. The zero-order chi connectivity index (χ0) is 8.55.